The molecule has 144 valence electrons. The van der Waals surface area contributed by atoms with Gasteiger partial charge >= 0.3 is 0 Å². The Hall–Kier alpha value is -4.00. The van der Waals surface area contributed by atoms with E-state index < -0.39 is 11.7 Å². The number of carbonyl (C=O) groups is 1. The Morgan fingerprint density at radius 3 is 2.45 bits per heavy atom. The van der Waals surface area contributed by atoms with Crippen LogP contribution in [0.2, 0.25) is 0 Å². The van der Waals surface area contributed by atoms with E-state index >= 15 is 0 Å². The molecule has 0 saturated carbocycles. The Balaban J connectivity index is 1.73. The predicted molar refractivity (Wildman–Crippen MR) is 108 cm³/mol. The van der Waals surface area contributed by atoms with Crippen molar-refractivity contribution in [3.8, 4) is 22.8 Å². The molecule has 0 spiro atoms. The van der Waals surface area contributed by atoms with Gasteiger partial charge in [0.1, 0.15) is 11.6 Å². The third kappa shape index (κ3) is 3.98. The van der Waals surface area contributed by atoms with Gasteiger partial charge in [-0.1, -0.05) is 36.4 Å². The van der Waals surface area contributed by atoms with E-state index in [-0.39, 0.29) is 5.82 Å². The van der Waals surface area contributed by atoms with Crippen molar-refractivity contribution in [1.82, 2.24) is 14.8 Å². The molecule has 0 aliphatic carbocycles. The number of aromatic nitrogens is 3. The minimum absolute atomic E-state index is 0.0241. The zero-order valence-corrected chi connectivity index (χ0v) is 15.5. The molecule has 0 aliphatic rings. The summed E-state index contributed by atoms with van der Waals surface area (Å²) in [5, 5.41) is 7.01. The number of amides is 1. The second-order valence-electron chi connectivity index (χ2n) is 6.20. The maximum atomic E-state index is 13.4. The van der Waals surface area contributed by atoms with Gasteiger partial charge in [0.2, 0.25) is 5.82 Å². The lowest BCUT2D eigenvalue weighted by Crippen LogP contribution is -2.14. The summed E-state index contributed by atoms with van der Waals surface area (Å²) in [6.07, 6.45) is 0. The van der Waals surface area contributed by atoms with Crippen LogP contribution in [0, 0.1) is 5.82 Å². The summed E-state index contributed by atoms with van der Waals surface area (Å²) in [7, 11) is 1.59. The van der Waals surface area contributed by atoms with Gasteiger partial charge < -0.3 is 10.1 Å². The minimum Gasteiger partial charge on any atom is -0.497 e. The first-order valence-electron chi connectivity index (χ1n) is 8.88. The van der Waals surface area contributed by atoms with Gasteiger partial charge in [-0.05, 0) is 42.5 Å². The number of halogens is 1. The van der Waals surface area contributed by atoms with Crippen molar-refractivity contribution < 1.29 is 13.9 Å². The van der Waals surface area contributed by atoms with Crippen LogP contribution in [0.3, 0.4) is 0 Å². The predicted octanol–water partition coefficient (Wildman–Crippen LogP) is 4.33. The molecule has 1 heterocycles. The molecule has 4 aromatic rings. The highest BCUT2D eigenvalue weighted by molar-refractivity contribution is 6.01. The standard InChI is InChI=1S/C22H17FN4O2/c1-29-19-12-10-18(11-13-19)27-21(15-6-3-2-4-7-15)25-20(26-27)22(28)24-17-9-5-8-16(23)14-17/h2-14H,1H3,(H,24,28). The molecule has 1 aromatic heterocycles. The molecule has 3 aromatic carbocycles. The maximum Gasteiger partial charge on any atom is 0.295 e. The van der Waals surface area contributed by atoms with Crippen LogP contribution in [-0.4, -0.2) is 27.8 Å². The van der Waals surface area contributed by atoms with Crippen molar-refractivity contribution >= 4 is 11.6 Å². The SMILES string of the molecule is COc1ccc(-n2nc(C(=O)Nc3cccc(F)c3)nc2-c2ccccc2)cc1. The lowest BCUT2D eigenvalue weighted by molar-refractivity contribution is 0.101. The van der Waals surface area contributed by atoms with Crippen molar-refractivity contribution in [2.24, 2.45) is 0 Å². The lowest BCUT2D eigenvalue weighted by atomic mass is 10.2. The van der Waals surface area contributed by atoms with Crippen molar-refractivity contribution in [3.05, 3.63) is 90.5 Å². The molecule has 0 saturated heterocycles. The number of carbonyl (C=O) groups excluding carboxylic acids is 1. The molecule has 0 bridgehead atoms. The number of nitrogens with one attached hydrogen (secondary N) is 1. The van der Waals surface area contributed by atoms with E-state index in [4.69, 9.17) is 4.74 Å². The van der Waals surface area contributed by atoms with E-state index in [1.807, 2.05) is 42.5 Å². The molecule has 0 unspecified atom stereocenters. The van der Waals surface area contributed by atoms with Gasteiger partial charge in [0, 0.05) is 11.3 Å². The van der Waals surface area contributed by atoms with Crippen LogP contribution < -0.4 is 10.1 Å². The van der Waals surface area contributed by atoms with Crippen LogP contribution >= 0.6 is 0 Å². The highest BCUT2D eigenvalue weighted by Crippen LogP contribution is 2.23. The number of rotatable bonds is 5. The summed E-state index contributed by atoms with van der Waals surface area (Å²) >= 11 is 0. The first-order chi connectivity index (χ1) is 14.1. The Bertz CT molecular complexity index is 1140. The Morgan fingerprint density at radius 1 is 1.00 bits per heavy atom. The number of anilines is 1. The van der Waals surface area contributed by atoms with Crippen LogP contribution in [0.1, 0.15) is 10.6 Å². The fourth-order valence-electron chi connectivity index (χ4n) is 2.84. The quantitative estimate of drug-likeness (QED) is 0.552. The van der Waals surface area contributed by atoms with Crippen molar-refractivity contribution in [2.75, 3.05) is 12.4 Å². The summed E-state index contributed by atoms with van der Waals surface area (Å²) < 4.78 is 20.2. The largest absolute Gasteiger partial charge is 0.497 e. The molecule has 0 fully saturated rings. The van der Waals surface area contributed by atoms with Crippen LogP contribution in [0.25, 0.3) is 17.1 Å². The van der Waals surface area contributed by atoms with Gasteiger partial charge in [-0.15, -0.1) is 5.10 Å². The molecular formula is C22H17FN4O2. The van der Waals surface area contributed by atoms with E-state index in [2.05, 4.69) is 15.4 Å². The first-order valence-corrected chi connectivity index (χ1v) is 8.88. The molecule has 1 N–H and O–H groups in total. The topological polar surface area (TPSA) is 69.0 Å². The zero-order chi connectivity index (χ0) is 20.2. The molecular weight excluding hydrogens is 371 g/mol. The summed E-state index contributed by atoms with van der Waals surface area (Å²) in [5.41, 5.74) is 1.86. The molecule has 0 aliphatic heterocycles. The summed E-state index contributed by atoms with van der Waals surface area (Å²) in [4.78, 5) is 17.1. The number of ether oxygens (including phenoxy) is 1. The zero-order valence-electron chi connectivity index (χ0n) is 15.5. The van der Waals surface area contributed by atoms with Crippen molar-refractivity contribution in [1.29, 1.82) is 0 Å². The number of hydrogen-bond donors (Lipinski definition) is 1. The van der Waals surface area contributed by atoms with Gasteiger partial charge in [-0.3, -0.25) is 4.79 Å². The number of benzene rings is 3. The second-order valence-corrected chi connectivity index (χ2v) is 6.20. The van der Waals surface area contributed by atoms with E-state index in [0.29, 0.717) is 17.3 Å². The monoisotopic (exact) mass is 388 g/mol. The molecule has 0 radical (unpaired) electrons. The third-order valence-electron chi connectivity index (χ3n) is 4.24. The molecule has 0 atom stereocenters. The third-order valence-corrected chi connectivity index (χ3v) is 4.24. The Kier molecular flexibility index (Phi) is 5.03. The van der Waals surface area contributed by atoms with Gasteiger partial charge in [0.05, 0.1) is 12.8 Å². The summed E-state index contributed by atoms with van der Waals surface area (Å²) in [5.74, 6) is 0.229. The average Bonchev–Trinajstić information content (AvgIpc) is 3.20. The number of methoxy groups -OCH3 is 1. The smallest absolute Gasteiger partial charge is 0.295 e. The maximum absolute atomic E-state index is 13.4. The molecule has 4 rings (SSSR count). The molecule has 1 amide bonds. The van der Waals surface area contributed by atoms with E-state index in [1.54, 1.807) is 30.0 Å². The van der Waals surface area contributed by atoms with Crippen LogP contribution in [0.4, 0.5) is 10.1 Å². The van der Waals surface area contributed by atoms with Crippen LogP contribution in [0.15, 0.2) is 78.9 Å². The fourth-order valence-corrected chi connectivity index (χ4v) is 2.84. The van der Waals surface area contributed by atoms with Gasteiger partial charge in [0.15, 0.2) is 5.82 Å². The van der Waals surface area contributed by atoms with Gasteiger partial charge in [-0.25, -0.2) is 14.1 Å². The van der Waals surface area contributed by atoms with Crippen LogP contribution in [-0.2, 0) is 0 Å². The van der Waals surface area contributed by atoms with E-state index in [9.17, 15) is 9.18 Å². The lowest BCUT2D eigenvalue weighted by Gasteiger charge is -2.07. The average molecular weight is 388 g/mol. The molecule has 7 heteroatoms. The number of nitrogens with zero attached hydrogens (tertiary/aromatic N) is 3. The Labute approximate surface area is 166 Å². The van der Waals surface area contributed by atoms with Gasteiger partial charge in [-0.2, -0.15) is 0 Å². The highest BCUT2D eigenvalue weighted by atomic mass is 19.1. The normalized spacial score (nSPS) is 10.6. The molecule has 6 nitrogen and oxygen atoms in total. The first kappa shape index (κ1) is 18.4. The van der Waals surface area contributed by atoms with E-state index in [1.165, 1.54) is 18.2 Å². The number of hydrogen-bond acceptors (Lipinski definition) is 4. The Morgan fingerprint density at radius 2 is 1.76 bits per heavy atom. The minimum atomic E-state index is -0.528. The van der Waals surface area contributed by atoms with Crippen LogP contribution in [0.5, 0.6) is 5.75 Å². The summed E-state index contributed by atoms with van der Waals surface area (Å²) in [6, 6.07) is 22.4. The van der Waals surface area contributed by atoms with Gasteiger partial charge in [0.25, 0.3) is 5.91 Å². The molecule has 29 heavy (non-hydrogen) atoms. The second kappa shape index (κ2) is 7.93. The van der Waals surface area contributed by atoms with Crippen molar-refractivity contribution in [2.45, 2.75) is 0 Å². The van der Waals surface area contributed by atoms with Crippen molar-refractivity contribution in [3.63, 3.8) is 0 Å². The van der Waals surface area contributed by atoms with E-state index in [0.717, 1.165) is 11.3 Å². The summed E-state index contributed by atoms with van der Waals surface area (Å²) in [6.45, 7) is 0. The highest BCUT2D eigenvalue weighted by Gasteiger charge is 2.19. The fraction of sp³-hybridized carbons (Fsp3) is 0.0455.